The smallest absolute Gasteiger partial charge is 0.344 e. The molecule has 2 heterocycles. The van der Waals surface area contributed by atoms with Crippen LogP contribution in [-0.4, -0.2) is 57.7 Å². The molecule has 0 spiro atoms. The van der Waals surface area contributed by atoms with Crippen LogP contribution in [0, 0.1) is 6.92 Å². The Morgan fingerprint density at radius 3 is 2.39 bits per heavy atom. The second kappa shape index (κ2) is 7.16. The maximum absolute atomic E-state index is 12.3. The third kappa shape index (κ3) is 2.95. The average molecular weight is 388 g/mol. The van der Waals surface area contributed by atoms with Crippen molar-refractivity contribution in [2.24, 2.45) is 0 Å². The molecule has 4 rings (SSSR count). The molecular formula is C20H20O8. The van der Waals surface area contributed by atoms with Crippen LogP contribution in [0.1, 0.15) is 5.56 Å². The average Bonchev–Trinajstić information content (AvgIpc) is 2.71. The summed E-state index contributed by atoms with van der Waals surface area (Å²) < 4.78 is 16.5. The van der Waals surface area contributed by atoms with Crippen molar-refractivity contribution in [1.29, 1.82) is 0 Å². The van der Waals surface area contributed by atoms with Crippen molar-refractivity contribution in [3.8, 4) is 5.75 Å². The second-order valence-electron chi connectivity index (χ2n) is 6.82. The molecule has 0 aliphatic carbocycles. The zero-order valence-electron chi connectivity index (χ0n) is 15.0. The maximum atomic E-state index is 12.3. The number of aliphatic hydroxyl groups is 4. The van der Waals surface area contributed by atoms with Gasteiger partial charge in [0.1, 0.15) is 35.7 Å². The van der Waals surface area contributed by atoms with Crippen LogP contribution in [0.25, 0.3) is 21.7 Å². The normalized spacial score (nSPS) is 28.0. The molecule has 5 atom stereocenters. The zero-order valence-corrected chi connectivity index (χ0v) is 15.0. The molecule has 1 aliphatic rings. The van der Waals surface area contributed by atoms with E-state index in [2.05, 4.69) is 0 Å². The molecule has 1 fully saturated rings. The molecule has 4 N–H and O–H groups in total. The Kier molecular flexibility index (Phi) is 4.82. The number of hydrogen-bond donors (Lipinski definition) is 4. The SMILES string of the molecule is Cc1c(O[C@H]2O[C@H](CO)[C@@H](O)[C@H](O)[C@H]2O)ccc2c1oc(=O)c1ccccc12. The first kappa shape index (κ1) is 18.9. The molecule has 0 saturated carbocycles. The van der Waals surface area contributed by atoms with Crippen molar-refractivity contribution in [3.05, 3.63) is 52.4 Å². The van der Waals surface area contributed by atoms with Crippen LogP contribution in [0.3, 0.4) is 0 Å². The number of fused-ring (bicyclic) bond motifs is 3. The van der Waals surface area contributed by atoms with Gasteiger partial charge in [-0.1, -0.05) is 18.2 Å². The lowest BCUT2D eigenvalue weighted by atomic mass is 9.99. The molecular weight excluding hydrogens is 368 g/mol. The van der Waals surface area contributed by atoms with Crippen molar-refractivity contribution in [1.82, 2.24) is 0 Å². The number of aliphatic hydroxyl groups excluding tert-OH is 4. The quantitative estimate of drug-likeness (QED) is 0.376. The van der Waals surface area contributed by atoms with E-state index in [0.717, 1.165) is 10.8 Å². The molecule has 1 aromatic heterocycles. The van der Waals surface area contributed by atoms with Crippen molar-refractivity contribution in [2.75, 3.05) is 6.61 Å². The Bertz CT molecular complexity index is 1070. The van der Waals surface area contributed by atoms with E-state index in [-0.39, 0.29) is 5.75 Å². The summed E-state index contributed by atoms with van der Waals surface area (Å²) in [6.07, 6.45) is -6.94. The molecule has 28 heavy (non-hydrogen) atoms. The Morgan fingerprint density at radius 2 is 1.68 bits per heavy atom. The van der Waals surface area contributed by atoms with Crippen LogP contribution < -0.4 is 10.4 Å². The van der Waals surface area contributed by atoms with Crippen LogP contribution in [0.15, 0.2) is 45.6 Å². The van der Waals surface area contributed by atoms with Crippen molar-refractivity contribution in [3.63, 3.8) is 0 Å². The summed E-state index contributed by atoms with van der Waals surface area (Å²) in [5.41, 5.74) is 0.374. The van der Waals surface area contributed by atoms with E-state index >= 15 is 0 Å². The first-order chi connectivity index (χ1) is 13.4. The van der Waals surface area contributed by atoms with Gasteiger partial charge in [0.15, 0.2) is 0 Å². The molecule has 3 aromatic rings. The van der Waals surface area contributed by atoms with E-state index < -0.39 is 42.9 Å². The fraction of sp³-hybridized carbons (Fsp3) is 0.350. The van der Waals surface area contributed by atoms with Gasteiger partial charge in [0, 0.05) is 10.9 Å². The number of aryl methyl sites for hydroxylation is 1. The third-order valence-corrected chi connectivity index (χ3v) is 5.08. The summed E-state index contributed by atoms with van der Waals surface area (Å²) >= 11 is 0. The fourth-order valence-corrected chi connectivity index (χ4v) is 3.48. The van der Waals surface area contributed by atoms with Gasteiger partial charge < -0.3 is 34.3 Å². The number of rotatable bonds is 3. The van der Waals surface area contributed by atoms with Gasteiger partial charge in [-0.25, -0.2) is 4.79 Å². The van der Waals surface area contributed by atoms with Crippen molar-refractivity contribution >= 4 is 21.7 Å². The molecule has 8 nitrogen and oxygen atoms in total. The summed E-state index contributed by atoms with van der Waals surface area (Å²) in [6.45, 7) is 1.14. The molecule has 0 amide bonds. The lowest BCUT2D eigenvalue weighted by Gasteiger charge is -2.39. The van der Waals surface area contributed by atoms with Gasteiger partial charge in [0.2, 0.25) is 6.29 Å². The highest BCUT2D eigenvalue weighted by molar-refractivity contribution is 6.05. The second-order valence-corrected chi connectivity index (χ2v) is 6.82. The minimum atomic E-state index is -1.54. The van der Waals surface area contributed by atoms with Crippen LogP contribution in [0.5, 0.6) is 5.75 Å². The predicted molar refractivity (Wildman–Crippen MR) is 99.1 cm³/mol. The Balaban J connectivity index is 1.75. The van der Waals surface area contributed by atoms with Gasteiger partial charge in [0.05, 0.1) is 12.0 Å². The highest BCUT2D eigenvalue weighted by Crippen LogP contribution is 2.33. The van der Waals surface area contributed by atoms with E-state index in [9.17, 15) is 25.2 Å². The van der Waals surface area contributed by atoms with Crippen LogP contribution in [-0.2, 0) is 4.74 Å². The standard InChI is InChI=1S/C20H20O8/c1-9-13(26-20-17(24)16(23)15(22)14(8-21)27-20)7-6-11-10-4-2-3-5-12(10)19(25)28-18(9)11/h2-7,14-17,20-24H,8H2,1H3/t14-,15-,16+,17-,20+/m1/s1. The molecule has 2 aromatic carbocycles. The molecule has 148 valence electrons. The predicted octanol–water partition coefficient (Wildman–Crippen LogP) is 0.433. The van der Waals surface area contributed by atoms with Crippen LogP contribution in [0.2, 0.25) is 0 Å². The number of benzene rings is 2. The summed E-state index contributed by atoms with van der Waals surface area (Å²) in [7, 11) is 0. The van der Waals surface area contributed by atoms with E-state index in [4.69, 9.17) is 13.9 Å². The topological polar surface area (TPSA) is 130 Å². The summed E-state index contributed by atoms with van der Waals surface area (Å²) in [5, 5.41) is 41.2. The largest absolute Gasteiger partial charge is 0.462 e. The van der Waals surface area contributed by atoms with Gasteiger partial charge in [-0.15, -0.1) is 0 Å². The Morgan fingerprint density at radius 1 is 0.964 bits per heavy atom. The molecule has 8 heteroatoms. The zero-order chi connectivity index (χ0) is 20.0. The van der Waals surface area contributed by atoms with Crippen LogP contribution in [0.4, 0.5) is 0 Å². The minimum absolute atomic E-state index is 0.273. The van der Waals surface area contributed by atoms with E-state index in [1.54, 1.807) is 31.2 Å². The summed E-state index contributed by atoms with van der Waals surface area (Å²) in [6, 6.07) is 10.5. The third-order valence-electron chi connectivity index (χ3n) is 5.08. The summed E-state index contributed by atoms with van der Waals surface area (Å²) in [5.74, 6) is 0.273. The molecule has 1 saturated heterocycles. The number of hydrogen-bond acceptors (Lipinski definition) is 8. The highest BCUT2D eigenvalue weighted by Gasteiger charge is 2.44. The molecule has 1 aliphatic heterocycles. The Labute approximate surface area is 159 Å². The van der Waals surface area contributed by atoms with E-state index in [0.29, 0.717) is 16.5 Å². The fourth-order valence-electron chi connectivity index (χ4n) is 3.48. The molecule has 0 unspecified atom stereocenters. The van der Waals surface area contributed by atoms with Gasteiger partial charge >= 0.3 is 5.63 Å². The monoisotopic (exact) mass is 388 g/mol. The van der Waals surface area contributed by atoms with Gasteiger partial charge in [-0.3, -0.25) is 0 Å². The first-order valence-electron chi connectivity index (χ1n) is 8.84. The first-order valence-corrected chi connectivity index (χ1v) is 8.84. The van der Waals surface area contributed by atoms with Gasteiger partial charge in [-0.05, 0) is 30.5 Å². The molecule has 0 radical (unpaired) electrons. The minimum Gasteiger partial charge on any atom is -0.462 e. The Hall–Kier alpha value is -2.49. The van der Waals surface area contributed by atoms with Crippen molar-refractivity contribution in [2.45, 2.75) is 37.6 Å². The van der Waals surface area contributed by atoms with E-state index in [1.165, 1.54) is 0 Å². The summed E-state index contributed by atoms with van der Waals surface area (Å²) in [4.78, 5) is 12.3. The molecule has 0 bridgehead atoms. The highest BCUT2D eigenvalue weighted by atomic mass is 16.7. The van der Waals surface area contributed by atoms with E-state index in [1.807, 2.05) is 12.1 Å². The lowest BCUT2D eigenvalue weighted by Crippen LogP contribution is -2.60. The maximum Gasteiger partial charge on any atom is 0.344 e. The number of ether oxygens (including phenoxy) is 2. The van der Waals surface area contributed by atoms with Gasteiger partial charge in [0.25, 0.3) is 0 Å². The van der Waals surface area contributed by atoms with Gasteiger partial charge in [-0.2, -0.15) is 0 Å². The van der Waals surface area contributed by atoms with Crippen molar-refractivity contribution < 1.29 is 34.3 Å². The lowest BCUT2D eigenvalue weighted by molar-refractivity contribution is -0.277. The van der Waals surface area contributed by atoms with Crippen LogP contribution >= 0.6 is 0 Å².